The molecule has 0 N–H and O–H groups in total. The highest BCUT2D eigenvalue weighted by Gasteiger charge is 2.07. The first-order valence-electron chi connectivity index (χ1n) is 2.50. The minimum atomic E-state index is -0.595. The molecule has 0 atom stereocenters. The average molecular weight is 179 g/mol. The minimum Gasteiger partial charge on any atom is -0.274 e. The SMILES string of the molecule is Cn1nc(C(=O)Cl)cc1Cl. The standard InChI is InChI=1S/C5H4Cl2N2O/c1-9-4(6)2-3(8-9)5(7)10/h2H,1H3. The lowest BCUT2D eigenvalue weighted by atomic mass is 10.5. The van der Waals surface area contributed by atoms with E-state index in [1.807, 2.05) is 0 Å². The zero-order valence-electron chi connectivity index (χ0n) is 5.14. The van der Waals surface area contributed by atoms with E-state index in [-0.39, 0.29) is 5.69 Å². The molecule has 1 rings (SSSR count). The van der Waals surface area contributed by atoms with Gasteiger partial charge >= 0.3 is 0 Å². The zero-order chi connectivity index (χ0) is 7.72. The van der Waals surface area contributed by atoms with Gasteiger partial charge in [0.15, 0.2) is 0 Å². The lowest BCUT2D eigenvalue weighted by Gasteiger charge is -1.85. The highest BCUT2D eigenvalue weighted by molar-refractivity contribution is 6.67. The number of rotatable bonds is 1. The molecule has 3 nitrogen and oxygen atoms in total. The van der Waals surface area contributed by atoms with Crippen LogP contribution in [0.4, 0.5) is 0 Å². The van der Waals surface area contributed by atoms with Gasteiger partial charge in [-0.15, -0.1) is 0 Å². The molecule has 0 unspecified atom stereocenters. The molecule has 0 aliphatic rings. The van der Waals surface area contributed by atoms with Crippen molar-refractivity contribution in [3.05, 3.63) is 16.9 Å². The van der Waals surface area contributed by atoms with Crippen LogP contribution >= 0.6 is 23.2 Å². The van der Waals surface area contributed by atoms with E-state index in [1.54, 1.807) is 7.05 Å². The normalized spacial score (nSPS) is 9.90. The van der Waals surface area contributed by atoms with Gasteiger partial charge in [0.2, 0.25) is 0 Å². The zero-order valence-corrected chi connectivity index (χ0v) is 6.65. The van der Waals surface area contributed by atoms with Crippen LogP contribution in [0.25, 0.3) is 0 Å². The summed E-state index contributed by atoms with van der Waals surface area (Å²) in [6.45, 7) is 0. The molecule has 54 valence electrons. The van der Waals surface area contributed by atoms with Gasteiger partial charge in [-0.2, -0.15) is 5.10 Å². The number of aryl methyl sites for hydroxylation is 1. The summed E-state index contributed by atoms with van der Waals surface area (Å²) in [5.74, 6) is 0. The molecule has 0 spiro atoms. The molecule has 1 aromatic rings. The molecular weight excluding hydrogens is 175 g/mol. The molecule has 0 radical (unpaired) electrons. The van der Waals surface area contributed by atoms with E-state index in [4.69, 9.17) is 23.2 Å². The first kappa shape index (κ1) is 7.57. The lowest BCUT2D eigenvalue weighted by molar-refractivity contribution is 0.107. The van der Waals surface area contributed by atoms with Crippen molar-refractivity contribution in [1.29, 1.82) is 0 Å². The van der Waals surface area contributed by atoms with Crippen molar-refractivity contribution < 1.29 is 4.79 Å². The lowest BCUT2D eigenvalue weighted by Crippen LogP contribution is -1.93. The Balaban J connectivity index is 3.10. The fraction of sp³-hybridized carbons (Fsp3) is 0.200. The molecule has 0 saturated carbocycles. The number of hydrogen-bond acceptors (Lipinski definition) is 2. The molecule has 0 aliphatic heterocycles. The summed E-state index contributed by atoms with van der Waals surface area (Å²) in [4.78, 5) is 10.4. The fourth-order valence-electron chi connectivity index (χ4n) is 0.541. The van der Waals surface area contributed by atoms with Crippen molar-refractivity contribution in [2.75, 3.05) is 0 Å². The summed E-state index contributed by atoms with van der Waals surface area (Å²) in [5, 5.41) is 3.51. The number of carbonyl (C=O) groups is 1. The van der Waals surface area contributed by atoms with E-state index >= 15 is 0 Å². The van der Waals surface area contributed by atoms with Crippen LogP contribution in [-0.4, -0.2) is 15.0 Å². The molecule has 10 heavy (non-hydrogen) atoms. The molecule has 0 bridgehead atoms. The van der Waals surface area contributed by atoms with Crippen molar-refractivity contribution >= 4 is 28.4 Å². The Morgan fingerprint density at radius 1 is 1.80 bits per heavy atom. The molecule has 5 heteroatoms. The Bertz CT molecular complexity index is 249. The van der Waals surface area contributed by atoms with Crippen LogP contribution in [0.2, 0.25) is 5.15 Å². The van der Waals surface area contributed by atoms with E-state index in [0.717, 1.165) is 0 Å². The molecular formula is C5H4Cl2N2O. The third-order valence-electron chi connectivity index (χ3n) is 1.02. The first-order valence-corrected chi connectivity index (χ1v) is 3.26. The Morgan fingerprint density at radius 3 is 2.60 bits per heavy atom. The summed E-state index contributed by atoms with van der Waals surface area (Å²) < 4.78 is 1.37. The Labute approximate surface area is 67.5 Å². The predicted molar refractivity (Wildman–Crippen MR) is 38.4 cm³/mol. The Hall–Kier alpha value is -0.540. The molecule has 1 aromatic heterocycles. The van der Waals surface area contributed by atoms with Gasteiger partial charge in [-0.05, 0) is 11.6 Å². The Morgan fingerprint density at radius 2 is 2.40 bits per heavy atom. The number of halogens is 2. The van der Waals surface area contributed by atoms with Crippen LogP contribution in [0.15, 0.2) is 6.07 Å². The second-order valence-electron chi connectivity index (χ2n) is 1.75. The maximum Gasteiger partial charge on any atom is 0.272 e. The van der Waals surface area contributed by atoms with Gasteiger partial charge in [0.1, 0.15) is 10.8 Å². The summed E-state index contributed by atoms with van der Waals surface area (Å²) >= 11 is 10.7. The smallest absolute Gasteiger partial charge is 0.272 e. The quantitative estimate of drug-likeness (QED) is 0.611. The number of nitrogens with zero attached hydrogens (tertiary/aromatic N) is 2. The molecule has 1 heterocycles. The van der Waals surface area contributed by atoms with E-state index in [1.165, 1.54) is 10.7 Å². The first-order chi connectivity index (χ1) is 4.61. The van der Waals surface area contributed by atoms with Crippen LogP contribution in [-0.2, 0) is 7.05 Å². The van der Waals surface area contributed by atoms with Crippen LogP contribution in [0.1, 0.15) is 10.5 Å². The van der Waals surface area contributed by atoms with E-state index in [9.17, 15) is 4.79 Å². The molecule has 0 fully saturated rings. The molecule has 0 aromatic carbocycles. The number of carbonyl (C=O) groups excluding carboxylic acids is 1. The Kier molecular flexibility index (Phi) is 1.97. The van der Waals surface area contributed by atoms with Crippen molar-refractivity contribution in [2.24, 2.45) is 7.05 Å². The van der Waals surface area contributed by atoms with Gasteiger partial charge in [-0.1, -0.05) is 11.6 Å². The molecule has 0 saturated heterocycles. The van der Waals surface area contributed by atoms with E-state index in [0.29, 0.717) is 5.15 Å². The van der Waals surface area contributed by atoms with Crippen LogP contribution in [0, 0.1) is 0 Å². The largest absolute Gasteiger partial charge is 0.274 e. The maximum atomic E-state index is 10.4. The van der Waals surface area contributed by atoms with Gasteiger partial charge in [0.25, 0.3) is 5.24 Å². The van der Waals surface area contributed by atoms with Gasteiger partial charge in [-0.25, -0.2) is 0 Å². The fourth-order valence-corrected chi connectivity index (χ4v) is 0.774. The minimum absolute atomic E-state index is 0.175. The predicted octanol–water partition coefficient (Wildman–Crippen LogP) is 1.45. The average Bonchev–Trinajstić information content (AvgIpc) is 2.13. The third kappa shape index (κ3) is 1.30. The van der Waals surface area contributed by atoms with Gasteiger partial charge in [0.05, 0.1) is 0 Å². The monoisotopic (exact) mass is 178 g/mol. The molecule has 0 amide bonds. The summed E-state index contributed by atoms with van der Waals surface area (Å²) in [6.07, 6.45) is 0. The van der Waals surface area contributed by atoms with Crippen molar-refractivity contribution in [1.82, 2.24) is 9.78 Å². The highest BCUT2D eigenvalue weighted by Crippen LogP contribution is 2.10. The number of aromatic nitrogens is 2. The van der Waals surface area contributed by atoms with Crippen molar-refractivity contribution in [3.8, 4) is 0 Å². The van der Waals surface area contributed by atoms with Crippen LogP contribution < -0.4 is 0 Å². The van der Waals surface area contributed by atoms with Crippen LogP contribution in [0.3, 0.4) is 0 Å². The van der Waals surface area contributed by atoms with E-state index < -0.39 is 5.24 Å². The topological polar surface area (TPSA) is 34.9 Å². The van der Waals surface area contributed by atoms with Gasteiger partial charge in [-0.3, -0.25) is 9.48 Å². The summed E-state index contributed by atoms with van der Waals surface area (Å²) in [7, 11) is 1.63. The second-order valence-corrected chi connectivity index (χ2v) is 2.48. The van der Waals surface area contributed by atoms with E-state index in [2.05, 4.69) is 5.10 Å². The maximum absolute atomic E-state index is 10.4. The highest BCUT2D eigenvalue weighted by atomic mass is 35.5. The van der Waals surface area contributed by atoms with Gasteiger partial charge in [0, 0.05) is 13.1 Å². The summed E-state index contributed by atoms with van der Waals surface area (Å²) in [6, 6.07) is 1.41. The van der Waals surface area contributed by atoms with Crippen molar-refractivity contribution in [3.63, 3.8) is 0 Å². The summed E-state index contributed by atoms with van der Waals surface area (Å²) in [5.41, 5.74) is 0.175. The molecule has 0 aliphatic carbocycles. The van der Waals surface area contributed by atoms with Crippen molar-refractivity contribution in [2.45, 2.75) is 0 Å². The van der Waals surface area contributed by atoms with Gasteiger partial charge < -0.3 is 0 Å². The third-order valence-corrected chi connectivity index (χ3v) is 1.57. The van der Waals surface area contributed by atoms with Crippen LogP contribution in [0.5, 0.6) is 0 Å². The number of hydrogen-bond donors (Lipinski definition) is 0. The second kappa shape index (κ2) is 2.60.